The molecule has 1 saturated heterocycles. The van der Waals surface area contributed by atoms with Crippen molar-refractivity contribution in [2.45, 2.75) is 31.7 Å². The lowest BCUT2D eigenvalue weighted by atomic mass is 10.0. The molecule has 1 heterocycles. The van der Waals surface area contributed by atoms with Gasteiger partial charge in [0.25, 0.3) is 0 Å². The van der Waals surface area contributed by atoms with Crippen LogP contribution in [-0.2, 0) is 4.79 Å². The van der Waals surface area contributed by atoms with E-state index in [1.165, 1.54) is 0 Å². The fourth-order valence-corrected chi connectivity index (χ4v) is 1.93. The number of nitrogens with zero attached hydrogens (tertiary/aromatic N) is 3. The number of likely N-dealkylation sites (tertiary alicyclic amines) is 1. The maximum absolute atomic E-state index is 11.6. The molecule has 0 aliphatic carbocycles. The molecule has 1 aliphatic rings. The first-order chi connectivity index (χ1) is 7.15. The van der Waals surface area contributed by atoms with E-state index in [1.807, 2.05) is 18.0 Å². The van der Waals surface area contributed by atoms with E-state index in [9.17, 15) is 4.79 Å². The molecule has 0 saturated carbocycles. The summed E-state index contributed by atoms with van der Waals surface area (Å²) >= 11 is 0. The highest BCUT2D eigenvalue weighted by molar-refractivity contribution is 5.76. The van der Waals surface area contributed by atoms with Gasteiger partial charge in [-0.2, -0.15) is 5.26 Å². The van der Waals surface area contributed by atoms with Gasteiger partial charge >= 0.3 is 0 Å². The Kier molecular flexibility index (Phi) is 4.57. The van der Waals surface area contributed by atoms with Crippen molar-refractivity contribution in [3.05, 3.63) is 0 Å². The maximum Gasteiger partial charge on any atom is 0.223 e. The summed E-state index contributed by atoms with van der Waals surface area (Å²) in [6.45, 7) is 2.11. The van der Waals surface area contributed by atoms with Gasteiger partial charge in [0.05, 0.1) is 6.07 Å². The first-order valence-electron chi connectivity index (χ1n) is 5.46. The van der Waals surface area contributed by atoms with Gasteiger partial charge in [-0.3, -0.25) is 4.79 Å². The molecule has 4 heteroatoms. The lowest BCUT2D eigenvalue weighted by molar-refractivity contribution is -0.132. The number of carbonyl (C=O) groups excluding carboxylic acids is 1. The molecule has 0 aromatic rings. The monoisotopic (exact) mass is 209 g/mol. The normalized spacial score (nSPS) is 18.5. The van der Waals surface area contributed by atoms with Crippen LogP contribution in [0.2, 0.25) is 0 Å². The van der Waals surface area contributed by atoms with E-state index < -0.39 is 0 Å². The first kappa shape index (κ1) is 12.0. The van der Waals surface area contributed by atoms with E-state index in [1.54, 1.807) is 0 Å². The van der Waals surface area contributed by atoms with Gasteiger partial charge in [0.1, 0.15) is 0 Å². The lowest BCUT2D eigenvalue weighted by Gasteiger charge is -2.35. The van der Waals surface area contributed by atoms with Crippen LogP contribution in [-0.4, -0.2) is 48.9 Å². The Bertz CT molecular complexity index is 251. The molecule has 0 aromatic carbocycles. The number of nitriles is 1. The summed E-state index contributed by atoms with van der Waals surface area (Å²) in [5, 5.41) is 8.41. The summed E-state index contributed by atoms with van der Waals surface area (Å²) in [7, 11) is 3.96. The second-order valence-corrected chi connectivity index (χ2v) is 4.20. The van der Waals surface area contributed by atoms with Gasteiger partial charge in [0.15, 0.2) is 0 Å². The quantitative estimate of drug-likeness (QED) is 0.692. The number of amides is 1. The second-order valence-electron chi connectivity index (χ2n) is 4.20. The van der Waals surface area contributed by atoms with Gasteiger partial charge in [-0.15, -0.1) is 0 Å². The number of rotatable bonds is 3. The molecule has 0 unspecified atom stereocenters. The van der Waals surface area contributed by atoms with Crippen LogP contribution in [0.5, 0.6) is 0 Å². The Morgan fingerprint density at radius 3 is 2.67 bits per heavy atom. The summed E-state index contributed by atoms with van der Waals surface area (Å²) in [5.74, 6) is 0.103. The fourth-order valence-electron chi connectivity index (χ4n) is 1.93. The SMILES string of the molecule is CN1CCC(N(C)C(=O)CCC#N)CC1. The molecular weight excluding hydrogens is 190 g/mol. The average molecular weight is 209 g/mol. The predicted molar refractivity (Wildman–Crippen MR) is 58.1 cm³/mol. The summed E-state index contributed by atoms with van der Waals surface area (Å²) in [4.78, 5) is 15.7. The Hall–Kier alpha value is -1.08. The van der Waals surface area contributed by atoms with Crippen LogP contribution < -0.4 is 0 Å². The number of carbonyl (C=O) groups is 1. The van der Waals surface area contributed by atoms with Crippen LogP contribution in [0.15, 0.2) is 0 Å². The van der Waals surface area contributed by atoms with Crippen LogP contribution in [0.3, 0.4) is 0 Å². The minimum Gasteiger partial charge on any atom is -0.343 e. The number of hydrogen-bond donors (Lipinski definition) is 0. The van der Waals surface area contributed by atoms with Gasteiger partial charge in [0, 0.05) is 25.9 Å². The third-order valence-corrected chi connectivity index (χ3v) is 3.08. The molecule has 0 radical (unpaired) electrons. The van der Waals surface area contributed by atoms with E-state index in [2.05, 4.69) is 11.9 Å². The number of hydrogen-bond acceptors (Lipinski definition) is 3. The summed E-state index contributed by atoms with van der Waals surface area (Å²) in [6.07, 6.45) is 2.78. The zero-order chi connectivity index (χ0) is 11.3. The van der Waals surface area contributed by atoms with Crippen molar-refractivity contribution in [3.63, 3.8) is 0 Å². The van der Waals surface area contributed by atoms with Crippen LogP contribution in [0.25, 0.3) is 0 Å². The maximum atomic E-state index is 11.6. The summed E-state index contributed by atoms with van der Waals surface area (Å²) in [5.41, 5.74) is 0. The lowest BCUT2D eigenvalue weighted by Crippen LogP contribution is -2.44. The molecule has 0 bridgehead atoms. The van der Waals surface area contributed by atoms with Gasteiger partial charge < -0.3 is 9.80 Å². The Balaban J connectivity index is 2.36. The van der Waals surface area contributed by atoms with Crippen molar-refractivity contribution in [2.24, 2.45) is 0 Å². The van der Waals surface area contributed by atoms with Gasteiger partial charge in [-0.05, 0) is 33.0 Å². The van der Waals surface area contributed by atoms with Crippen molar-refractivity contribution in [1.29, 1.82) is 5.26 Å². The van der Waals surface area contributed by atoms with E-state index in [4.69, 9.17) is 5.26 Å². The summed E-state index contributed by atoms with van der Waals surface area (Å²) in [6, 6.07) is 2.38. The molecule has 15 heavy (non-hydrogen) atoms. The molecule has 0 aromatic heterocycles. The minimum atomic E-state index is 0.103. The van der Waals surface area contributed by atoms with Crippen LogP contribution in [0, 0.1) is 11.3 Å². The Labute approximate surface area is 91.5 Å². The van der Waals surface area contributed by atoms with E-state index in [0.717, 1.165) is 25.9 Å². The first-order valence-corrected chi connectivity index (χ1v) is 5.46. The predicted octanol–water partition coefficient (Wildman–Crippen LogP) is 0.843. The molecule has 0 spiro atoms. The highest BCUT2D eigenvalue weighted by Crippen LogP contribution is 2.15. The van der Waals surface area contributed by atoms with Crippen LogP contribution in [0.1, 0.15) is 25.7 Å². The van der Waals surface area contributed by atoms with E-state index in [-0.39, 0.29) is 5.91 Å². The largest absolute Gasteiger partial charge is 0.343 e. The zero-order valence-corrected chi connectivity index (χ0v) is 9.57. The van der Waals surface area contributed by atoms with Crippen molar-refractivity contribution in [3.8, 4) is 6.07 Å². The second kappa shape index (κ2) is 5.72. The highest BCUT2D eigenvalue weighted by Gasteiger charge is 2.23. The van der Waals surface area contributed by atoms with Crippen LogP contribution in [0.4, 0.5) is 0 Å². The van der Waals surface area contributed by atoms with Crippen molar-refractivity contribution >= 4 is 5.91 Å². The van der Waals surface area contributed by atoms with Crippen molar-refractivity contribution in [1.82, 2.24) is 9.80 Å². The molecule has 0 atom stereocenters. The molecule has 4 nitrogen and oxygen atoms in total. The van der Waals surface area contributed by atoms with Gasteiger partial charge in [-0.25, -0.2) is 0 Å². The van der Waals surface area contributed by atoms with Gasteiger partial charge in [-0.1, -0.05) is 0 Å². The standard InChI is InChI=1S/C11H19N3O/c1-13-8-5-10(6-9-13)14(2)11(15)4-3-7-12/h10H,3-6,8-9H2,1-2H3. The van der Waals surface area contributed by atoms with E-state index >= 15 is 0 Å². The van der Waals surface area contributed by atoms with Crippen molar-refractivity contribution in [2.75, 3.05) is 27.2 Å². The summed E-state index contributed by atoms with van der Waals surface area (Å²) < 4.78 is 0. The van der Waals surface area contributed by atoms with Gasteiger partial charge in [0.2, 0.25) is 5.91 Å². The fraction of sp³-hybridized carbons (Fsp3) is 0.818. The third-order valence-electron chi connectivity index (χ3n) is 3.08. The third kappa shape index (κ3) is 3.52. The highest BCUT2D eigenvalue weighted by atomic mass is 16.2. The molecule has 1 rings (SSSR count). The Morgan fingerprint density at radius 2 is 2.13 bits per heavy atom. The molecule has 1 fully saturated rings. The van der Waals surface area contributed by atoms with Crippen molar-refractivity contribution < 1.29 is 4.79 Å². The smallest absolute Gasteiger partial charge is 0.223 e. The molecular formula is C11H19N3O. The Morgan fingerprint density at radius 1 is 1.53 bits per heavy atom. The molecule has 84 valence electrons. The molecule has 1 amide bonds. The molecule has 1 aliphatic heterocycles. The van der Waals surface area contributed by atoms with Crippen LogP contribution >= 0.6 is 0 Å². The topological polar surface area (TPSA) is 47.3 Å². The molecule has 0 N–H and O–H groups in total. The zero-order valence-electron chi connectivity index (χ0n) is 9.57. The average Bonchev–Trinajstić information content (AvgIpc) is 2.26. The minimum absolute atomic E-state index is 0.103. The van der Waals surface area contributed by atoms with E-state index in [0.29, 0.717) is 18.9 Å². The number of piperidine rings is 1.